The Morgan fingerprint density at radius 3 is 2.28 bits per heavy atom. The van der Waals surface area contributed by atoms with Gasteiger partial charge in [-0.05, 0) is 37.3 Å². The number of hydrogen-bond donors (Lipinski definition) is 1. The average molecular weight is 394 g/mol. The van der Waals surface area contributed by atoms with Gasteiger partial charge in [0.05, 0.1) is 12.0 Å². The highest BCUT2D eigenvalue weighted by Crippen LogP contribution is 2.36. The molecule has 2 atom stereocenters. The Hall–Kier alpha value is -2.74. The first-order chi connectivity index (χ1) is 14.0. The van der Waals surface area contributed by atoms with Crippen LogP contribution >= 0.6 is 0 Å². The summed E-state index contributed by atoms with van der Waals surface area (Å²) in [6.07, 6.45) is 10.9. The molecular weight excluding hydrogens is 362 g/mol. The van der Waals surface area contributed by atoms with E-state index in [2.05, 4.69) is 23.0 Å². The van der Waals surface area contributed by atoms with Crippen LogP contribution in [0, 0.1) is 17.2 Å². The molecular formula is C24H31N3O2. The summed E-state index contributed by atoms with van der Waals surface area (Å²) in [6.45, 7) is 5.80. The van der Waals surface area contributed by atoms with Crippen LogP contribution in [-0.2, 0) is 16.6 Å². The number of rotatable bonds is 11. The number of carbonyl (C=O) groups is 1. The number of aryl methyl sites for hydroxylation is 1. The summed E-state index contributed by atoms with van der Waals surface area (Å²) >= 11 is 0. The highest BCUT2D eigenvalue weighted by Gasteiger charge is 2.43. The number of unbranched alkanes of at least 4 members (excludes halogenated alkanes) is 3. The molecule has 0 spiro atoms. The third-order valence-corrected chi connectivity index (χ3v) is 5.64. The normalized spacial score (nSPS) is 14.0. The number of nitrogens with zero attached hydrogens (tertiary/aromatic N) is 3. The molecule has 1 aromatic carbocycles. The van der Waals surface area contributed by atoms with E-state index in [1.54, 1.807) is 19.1 Å². The molecule has 0 aliphatic carbocycles. The van der Waals surface area contributed by atoms with E-state index in [-0.39, 0.29) is 0 Å². The molecule has 5 heteroatoms. The zero-order valence-corrected chi connectivity index (χ0v) is 17.7. The van der Waals surface area contributed by atoms with Gasteiger partial charge < -0.3 is 5.11 Å². The summed E-state index contributed by atoms with van der Waals surface area (Å²) in [5.74, 6) is -0.940. The minimum atomic E-state index is -1.24. The third-order valence-electron chi connectivity index (χ3n) is 5.64. The van der Waals surface area contributed by atoms with Crippen LogP contribution in [0.25, 0.3) is 11.4 Å². The fraction of sp³-hybridized carbons (Fsp3) is 0.500. The number of aromatic nitrogens is 2. The molecule has 2 aromatic rings. The number of nitriles is 1. The van der Waals surface area contributed by atoms with Gasteiger partial charge in [0, 0.05) is 18.0 Å². The van der Waals surface area contributed by atoms with Crippen molar-refractivity contribution in [3.63, 3.8) is 0 Å². The van der Waals surface area contributed by atoms with Gasteiger partial charge in [-0.3, -0.25) is 4.79 Å². The van der Waals surface area contributed by atoms with Gasteiger partial charge in [-0.25, -0.2) is 9.97 Å². The molecule has 1 heterocycles. The van der Waals surface area contributed by atoms with Crippen LogP contribution in [0.5, 0.6) is 0 Å². The van der Waals surface area contributed by atoms with E-state index in [1.165, 1.54) is 19.3 Å². The fourth-order valence-corrected chi connectivity index (χ4v) is 3.60. The predicted molar refractivity (Wildman–Crippen MR) is 114 cm³/mol. The zero-order valence-electron chi connectivity index (χ0n) is 17.7. The van der Waals surface area contributed by atoms with Gasteiger partial charge in [0.1, 0.15) is 5.41 Å². The minimum Gasteiger partial charge on any atom is -0.481 e. The lowest BCUT2D eigenvalue weighted by molar-refractivity contribution is -0.144. The standard InChI is InChI=1S/C24H31N3O2/c1-4-6-7-8-10-18-16-26-22(27-17-18)19-11-13-20(14-12-19)24(3,23(28)29)21(15-25)9-5-2/h11-14,16-17,21H,4-10H2,1-3H3,(H,28,29). The van der Waals surface area contributed by atoms with Crippen molar-refractivity contribution in [3.05, 3.63) is 47.8 Å². The Kier molecular flexibility index (Phi) is 8.33. The second-order valence-electron chi connectivity index (χ2n) is 7.78. The van der Waals surface area contributed by atoms with Crippen LogP contribution in [0.1, 0.15) is 70.4 Å². The van der Waals surface area contributed by atoms with E-state index in [0.717, 1.165) is 30.4 Å². The van der Waals surface area contributed by atoms with Crippen molar-refractivity contribution in [2.24, 2.45) is 5.92 Å². The molecule has 29 heavy (non-hydrogen) atoms. The van der Waals surface area contributed by atoms with Crippen molar-refractivity contribution in [2.75, 3.05) is 0 Å². The van der Waals surface area contributed by atoms with Gasteiger partial charge >= 0.3 is 5.97 Å². The van der Waals surface area contributed by atoms with Gasteiger partial charge in [0.15, 0.2) is 5.82 Å². The monoisotopic (exact) mass is 393 g/mol. The Labute approximate surface area is 173 Å². The topological polar surface area (TPSA) is 86.9 Å². The van der Waals surface area contributed by atoms with Crippen LogP contribution in [0.15, 0.2) is 36.7 Å². The molecule has 0 aliphatic heterocycles. The molecule has 0 saturated heterocycles. The van der Waals surface area contributed by atoms with Crippen LogP contribution in [0.3, 0.4) is 0 Å². The summed E-state index contributed by atoms with van der Waals surface area (Å²) < 4.78 is 0. The van der Waals surface area contributed by atoms with Gasteiger partial charge in [-0.2, -0.15) is 5.26 Å². The molecule has 1 aromatic heterocycles. The zero-order chi connectivity index (χ0) is 21.3. The van der Waals surface area contributed by atoms with E-state index >= 15 is 0 Å². The largest absolute Gasteiger partial charge is 0.481 e. The smallest absolute Gasteiger partial charge is 0.315 e. The number of aliphatic carboxylic acids is 1. The van der Waals surface area contributed by atoms with E-state index in [4.69, 9.17) is 0 Å². The molecule has 2 unspecified atom stereocenters. The Morgan fingerprint density at radius 1 is 1.10 bits per heavy atom. The van der Waals surface area contributed by atoms with Crippen molar-refractivity contribution in [1.82, 2.24) is 9.97 Å². The van der Waals surface area contributed by atoms with E-state index in [1.807, 2.05) is 31.5 Å². The van der Waals surface area contributed by atoms with Gasteiger partial charge in [0.25, 0.3) is 0 Å². The summed E-state index contributed by atoms with van der Waals surface area (Å²) in [7, 11) is 0. The Morgan fingerprint density at radius 2 is 1.76 bits per heavy atom. The number of hydrogen-bond acceptors (Lipinski definition) is 4. The first-order valence-corrected chi connectivity index (χ1v) is 10.5. The molecule has 2 rings (SSSR count). The minimum absolute atomic E-state index is 0.546. The highest BCUT2D eigenvalue weighted by atomic mass is 16.4. The summed E-state index contributed by atoms with van der Waals surface area (Å²) in [4.78, 5) is 21.0. The SMILES string of the molecule is CCCCCCc1cnc(-c2ccc(C(C)(C(=O)O)C(C#N)CCC)cc2)nc1. The Bertz CT molecular complexity index is 825. The maximum absolute atomic E-state index is 12.0. The number of carboxylic acids is 1. The molecule has 1 N–H and O–H groups in total. The van der Waals surface area contributed by atoms with Crippen LogP contribution in [0.4, 0.5) is 0 Å². The first-order valence-electron chi connectivity index (χ1n) is 10.5. The maximum atomic E-state index is 12.0. The maximum Gasteiger partial charge on any atom is 0.315 e. The molecule has 0 amide bonds. The van der Waals surface area contributed by atoms with Crippen molar-refractivity contribution >= 4 is 5.97 Å². The third kappa shape index (κ3) is 5.41. The lowest BCUT2D eigenvalue weighted by atomic mass is 9.70. The van der Waals surface area contributed by atoms with Crippen LogP contribution in [0.2, 0.25) is 0 Å². The molecule has 0 bridgehead atoms. The summed E-state index contributed by atoms with van der Waals surface area (Å²) in [6, 6.07) is 9.44. The first kappa shape index (κ1) is 22.5. The Balaban J connectivity index is 2.18. The van der Waals surface area contributed by atoms with E-state index in [9.17, 15) is 15.2 Å². The van der Waals surface area contributed by atoms with Crippen LogP contribution < -0.4 is 0 Å². The predicted octanol–water partition coefficient (Wildman–Crippen LogP) is 5.55. The van der Waals surface area contributed by atoms with Gasteiger partial charge in [-0.1, -0.05) is 63.8 Å². The van der Waals surface area contributed by atoms with Crippen LogP contribution in [-0.4, -0.2) is 21.0 Å². The van der Waals surface area contributed by atoms with E-state index < -0.39 is 17.3 Å². The van der Waals surface area contributed by atoms with E-state index in [0.29, 0.717) is 17.8 Å². The molecule has 0 saturated carbocycles. The number of benzene rings is 1. The fourth-order valence-electron chi connectivity index (χ4n) is 3.60. The van der Waals surface area contributed by atoms with Crippen molar-refractivity contribution in [1.29, 1.82) is 5.26 Å². The average Bonchev–Trinajstić information content (AvgIpc) is 2.75. The van der Waals surface area contributed by atoms with Crippen molar-refractivity contribution in [3.8, 4) is 17.5 Å². The molecule has 0 aliphatic rings. The van der Waals surface area contributed by atoms with Gasteiger partial charge in [0.2, 0.25) is 0 Å². The molecule has 0 fully saturated rings. The lowest BCUT2D eigenvalue weighted by Crippen LogP contribution is -2.39. The lowest BCUT2D eigenvalue weighted by Gasteiger charge is -2.30. The second-order valence-corrected chi connectivity index (χ2v) is 7.78. The number of carboxylic acid groups (broad SMARTS) is 1. The quantitative estimate of drug-likeness (QED) is 0.506. The molecule has 154 valence electrons. The molecule has 0 radical (unpaired) electrons. The van der Waals surface area contributed by atoms with Crippen molar-refractivity contribution in [2.45, 2.75) is 71.1 Å². The van der Waals surface area contributed by atoms with Crippen molar-refractivity contribution < 1.29 is 9.90 Å². The highest BCUT2D eigenvalue weighted by molar-refractivity contribution is 5.82. The summed E-state index contributed by atoms with van der Waals surface area (Å²) in [5, 5.41) is 19.4. The van der Waals surface area contributed by atoms with Gasteiger partial charge in [-0.15, -0.1) is 0 Å². The molecule has 5 nitrogen and oxygen atoms in total. The second kappa shape index (κ2) is 10.7. The summed E-state index contributed by atoms with van der Waals surface area (Å²) in [5.41, 5.74) is 1.35.